The monoisotopic (exact) mass is 286 g/mol. The first-order valence-corrected chi connectivity index (χ1v) is 5.42. The van der Waals surface area contributed by atoms with Crippen molar-refractivity contribution in [3.05, 3.63) is 40.2 Å². The van der Waals surface area contributed by atoms with Gasteiger partial charge in [-0.1, -0.05) is 22.9 Å². The summed E-state index contributed by atoms with van der Waals surface area (Å²) in [5, 5.41) is 15.6. The molecule has 4 nitrogen and oxygen atoms in total. The van der Waals surface area contributed by atoms with Crippen molar-refractivity contribution >= 4 is 11.6 Å². The number of nitriles is 1. The Morgan fingerprint density at radius 3 is 2.63 bits per heavy atom. The second-order valence-corrected chi connectivity index (χ2v) is 4.10. The molecule has 0 saturated heterocycles. The lowest BCUT2D eigenvalue weighted by molar-refractivity contribution is -0.143. The van der Waals surface area contributed by atoms with E-state index in [0.717, 1.165) is 0 Å². The van der Waals surface area contributed by atoms with Crippen molar-refractivity contribution in [1.82, 2.24) is 15.0 Å². The average molecular weight is 287 g/mol. The molecule has 8 heteroatoms. The van der Waals surface area contributed by atoms with Gasteiger partial charge in [0.15, 0.2) is 11.4 Å². The normalized spacial score (nSPS) is 11.4. The van der Waals surface area contributed by atoms with E-state index in [1.165, 1.54) is 18.2 Å². The highest BCUT2D eigenvalue weighted by molar-refractivity contribution is 6.31. The van der Waals surface area contributed by atoms with E-state index in [2.05, 4.69) is 10.3 Å². The molecule has 0 saturated carbocycles. The van der Waals surface area contributed by atoms with Crippen LogP contribution in [0.3, 0.4) is 0 Å². The third kappa shape index (κ3) is 2.27. The summed E-state index contributed by atoms with van der Waals surface area (Å²) in [6.45, 7) is 1.56. The minimum absolute atomic E-state index is 0.133. The summed E-state index contributed by atoms with van der Waals surface area (Å²) >= 11 is 5.86. The molecule has 0 aliphatic heterocycles. The van der Waals surface area contributed by atoms with Gasteiger partial charge < -0.3 is 0 Å². The smallest absolute Gasteiger partial charge is 0.207 e. The van der Waals surface area contributed by atoms with E-state index in [-0.39, 0.29) is 5.69 Å². The zero-order valence-corrected chi connectivity index (χ0v) is 10.3. The van der Waals surface area contributed by atoms with Crippen LogP contribution in [0.25, 0.3) is 5.69 Å². The van der Waals surface area contributed by atoms with E-state index in [0.29, 0.717) is 15.3 Å². The number of halogens is 4. The van der Waals surface area contributed by atoms with Gasteiger partial charge in [0.1, 0.15) is 6.07 Å². The fourth-order valence-electron chi connectivity index (χ4n) is 1.61. The van der Waals surface area contributed by atoms with Crippen LogP contribution in [0.4, 0.5) is 13.2 Å². The van der Waals surface area contributed by atoms with Gasteiger partial charge in [-0.05, 0) is 24.6 Å². The number of benzene rings is 1. The molecule has 0 atom stereocenters. The van der Waals surface area contributed by atoms with Crippen molar-refractivity contribution in [3.63, 3.8) is 0 Å². The van der Waals surface area contributed by atoms with Crippen molar-refractivity contribution in [2.24, 2.45) is 0 Å². The molecule has 0 aliphatic rings. The lowest BCUT2D eigenvalue weighted by atomic mass is 10.2. The molecular weight excluding hydrogens is 281 g/mol. The standard InChI is InChI=1S/C11H6ClF3N4/c1-6-7(12)3-2-4-9(6)19-10(11(13,14)15)8(5-16)17-18-19/h2-4H,1H3. The summed E-state index contributed by atoms with van der Waals surface area (Å²) in [4.78, 5) is 0. The number of alkyl halides is 3. The Bertz CT molecular complexity index is 670. The molecule has 0 N–H and O–H groups in total. The average Bonchev–Trinajstić information content (AvgIpc) is 2.76. The molecule has 98 valence electrons. The predicted molar refractivity (Wildman–Crippen MR) is 60.8 cm³/mol. The summed E-state index contributed by atoms with van der Waals surface area (Å²) in [6, 6.07) is 5.85. The molecule has 0 aliphatic carbocycles. The molecule has 0 spiro atoms. The van der Waals surface area contributed by atoms with Crippen LogP contribution in [-0.4, -0.2) is 15.0 Å². The van der Waals surface area contributed by atoms with Crippen molar-refractivity contribution in [1.29, 1.82) is 5.26 Å². The van der Waals surface area contributed by atoms with Crippen molar-refractivity contribution in [2.75, 3.05) is 0 Å². The maximum Gasteiger partial charge on any atom is 0.436 e. The lowest BCUT2D eigenvalue weighted by Gasteiger charge is -2.12. The van der Waals surface area contributed by atoms with Gasteiger partial charge in [-0.15, -0.1) is 5.10 Å². The highest BCUT2D eigenvalue weighted by Crippen LogP contribution is 2.33. The van der Waals surface area contributed by atoms with Crippen LogP contribution < -0.4 is 0 Å². The molecule has 2 aromatic rings. The van der Waals surface area contributed by atoms with E-state index < -0.39 is 17.6 Å². The lowest BCUT2D eigenvalue weighted by Crippen LogP contribution is -2.15. The Morgan fingerprint density at radius 2 is 2.05 bits per heavy atom. The maximum absolute atomic E-state index is 13.0. The van der Waals surface area contributed by atoms with Crippen molar-refractivity contribution in [2.45, 2.75) is 13.1 Å². The van der Waals surface area contributed by atoms with Crippen LogP contribution >= 0.6 is 11.6 Å². The number of aromatic nitrogens is 3. The van der Waals surface area contributed by atoms with Gasteiger partial charge in [0.2, 0.25) is 0 Å². The molecule has 0 unspecified atom stereocenters. The fraction of sp³-hybridized carbons (Fsp3) is 0.182. The van der Waals surface area contributed by atoms with Gasteiger partial charge >= 0.3 is 6.18 Å². The summed E-state index contributed by atoms with van der Waals surface area (Å²) in [6.07, 6.45) is -4.73. The van der Waals surface area contributed by atoms with E-state index in [1.807, 2.05) is 0 Å². The Balaban J connectivity index is 2.75. The Hall–Kier alpha value is -2.07. The summed E-state index contributed by atoms with van der Waals surface area (Å²) in [7, 11) is 0. The SMILES string of the molecule is Cc1c(Cl)cccc1-n1nnc(C#N)c1C(F)(F)F. The maximum atomic E-state index is 13.0. The van der Waals surface area contributed by atoms with Gasteiger partial charge in [-0.3, -0.25) is 0 Å². The summed E-state index contributed by atoms with van der Waals surface area (Å²) < 4.78 is 39.5. The van der Waals surface area contributed by atoms with E-state index >= 15 is 0 Å². The van der Waals surface area contributed by atoms with Gasteiger partial charge in [-0.25, -0.2) is 4.68 Å². The van der Waals surface area contributed by atoms with Crippen LogP contribution in [-0.2, 0) is 6.18 Å². The molecule has 1 aromatic heterocycles. The third-order valence-electron chi connectivity index (χ3n) is 2.51. The zero-order chi connectivity index (χ0) is 14.2. The minimum atomic E-state index is -4.73. The van der Waals surface area contributed by atoms with Gasteiger partial charge in [0.25, 0.3) is 0 Å². The third-order valence-corrected chi connectivity index (χ3v) is 2.92. The van der Waals surface area contributed by atoms with Crippen LogP contribution in [0.15, 0.2) is 18.2 Å². The molecule has 19 heavy (non-hydrogen) atoms. The summed E-state index contributed by atoms with van der Waals surface area (Å²) in [5.41, 5.74) is -1.43. The minimum Gasteiger partial charge on any atom is -0.207 e. The van der Waals surface area contributed by atoms with Gasteiger partial charge in [0, 0.05) is 5.02 Å². The second-order valence-electron chi connectivity index (χ2n) is 3.69. The zero-order valence-electron chi connectivity index (χ0n) is 9.53. The molecule has 0 amide bonds. The van der Waals surface area contributed by atoms with Crippen LogP contribution in [0, 0.1) is 18.3 Å². The molecule has 1 aromatic carbocycles. The molecule has 2 rings (SSSR count). The van der Waals surface area contributed by atoms with Crippen molar-refractivity contribution < 1.29 is 13.2 Å². The first-order valence-electron chi connectivity index (χ1n) is 5.04. The molecule has 0 radical (unpaired) electrons. The highest BCUT2D eigenvalue weighted by Gasteiger charge is 2.40. The number of hydrogen-bond donors (Lipinski definition) is 0. The first-order chi connectivity index (χ1) is 8.86. The van der Waals surface area contributed by atoms with Crippen LogP contribution in [0.5, 0.6) is 0 Å². The fourth-order valence-corrected chi connectivity index (χ4v) is 1.78. The number of rotatable bonds is 1. The second kappa shape index (κ2) is 4.55. The quantitative estimate of drug-likeness (QED) is 0.809. The Kier molecular flexibility index (Phi) is 3.20. The number of nitrogens with zero attached hydrogens (tertiary/aromatic N) is 4. The first kappa shape index (κ1) is 13.4. The van der Waals surface area contributed by atoms with E-state index in [1.54, 1.807) is 13.0 Å². The highest BCUT2D eigenvalue weighted by atomic mass is 35.5. The number of hydrogen-bond acceptors (Lipinski definition) is 3. The topological polar surface area (TPSA) is 54.5 Å². The molecular formula is C11H6ClF3N4. The van der Waals surface area contributed by atoms with Crippen LogP contribution in [0.2, 0.25) is 5.02 Å². The van der Waals surface area contributed by atoms with E-state index in [4.69, 9.17) is 16.9 Å². The van der Waals surface area contributed by atoms with Crippen LogP contribution in [0.1, 0.15) is 17.0 Å². The van der Waals surface area contributed by atoms with Gasteiger partial charge in [0.05, 0.1) is 5.69 Å². The summed E-state index contributed by atoms with van der Waals surface area (Å²) in [5.74, 6) is 0. The van der Waals surface area contributed by atoms with Crippen molar-refractivity contribution in [3.8, 4) is 11.8 Å². The molecule has 1 heterocycles. The molecule has 0 fully saturated rings. The largest absolute Gasteiger partial charge is 0.436 e. The van der Waals surface area contributed by atoms with Gasteiger partial charge in [-0.2, -0.15) is 18.4 Å². The Labute approximate surface area is 111 Å². The van der Waals surface area contributed by atoms with E-state index in [9.17, 15) is 13.2 Å². The Morgan fingerprint density at radius 1 is 1.37 bits per heavy atom. The molecule has 0 bridgehead atoms. The predicted octanol–water partition coefficient (Wildman–Crippen LogP) is 3.12.